The molecule has 0 aliphatic carbocycles. The Balaban J connectivity index is 1.44. The molecular formula is C25H20N4O4. The van der Waals surface area contributed by atoms with Gasteiger partial charge < -0.3 is 14.9 Å². The summed E-state index contributed by atoms with van der Waals surface area (Å²) in [4.78, 5) is 33.3. The molecule has 2 heterocycles. The Hall–Kier alpha value is -4.51. The molecule has 2 atom stereocenters. The lowest BCUT2D eigenvalue weighted by Crippen LogP contribution is -2.28. The van der Waals surface area contributed by atoms with Crippen molar-refractivity contribution in [3.05, 3.63) is 84.2 Å². The van der Waals surface area contributed by atoms with Crippen molar-refractivity contribution in [3.63, 3.8) is 0 Å². The number of aromatic nitrogens is 1. The molecule has 164 valence electrons. The summed E-state index contributed by atoms with van der Waals surface area (Å²) >= 11 is 0. The van der Waals surface area contributed by atoms with Crippen LogP contribution in [0.15, 0.2) is 78.2 Å². The molecule has 33 heavy (non-hydrogen) atoms. The molecule has 0 spiro atoms. The molecular weight excluding hydrogens is 420 g/mol. The fourth-order valence-electron chi connectivity index (χ4n) is 3.49. The molecule has 1 N–H and O–H groups in total. The number of hydrogen-bond donors (Lipinski definition) is 1. The lowest BCUT2D eigenvalue weighted by molar-refractivity contribution is -0.144. The number of benzene rings is 2. The molecule has 1 aliphatic heterocycles. The smallest absolute Gasteiger partial charge is 0.304 e. The number of rotatable bonds is 6. The van der Waals surface area contributed by atoms with E-state index in [0.29, 0.717) is 23.4 Å². The molecule has 1 amide bonds. The minimum atomic E-state index is -1.01. The number of esters is 1. The van der Waals surface area contributed by atoms with Gasteiger partial charge in [-0.25, -0.2) is 0 Å². The van der Waals surface area contributed by atoms with E-state index in [-0.39, 0.29) is 5.91 Å². The predicted molar refractivity (Wildman–Crippen MR) is 121 cm³/mol. The quantitative estimate of drug-likeness (QED) is 0.580. The van der Waals surface area contributed by atoms with Crippen LogP contribution in [0.1, 0.15) is 30.6 Å². The summed E-state index contributed by atoms with van der Waals surface area (Å²) in [6.45, 7) is 1.27. The van der Waals surface area contributed by atoms with E-state index in [1.165, 1.54) is 6.92 Å². The van der Waals surface area contributed by atoms with E-state index in [9.17, 15) is 14.9 Å². The number of nitrogens with zero attached hydrogens (tertiary/aromatic N) is 3. The van der Waals surface area contributed by atoms with Gasteiger partial charge in [-0.05, 0) is 35.4 Å². The van der Waals surface area contributed by atoms with E-state index in [1.54, 1.807) is 42.7 Å². The van der Waals surface area contributed by atoms with Crippen LogP contribution in [0.4, 0.5) is 5.69 Å². The first-order chi connectivity index (χ1) is 16.0. The number of carbonyl (C=O) groups excluding carboxylic acids is 2. The van der Waals surface area contributed by atoms with E-state index in [4.69, 9.17) is 9.57 Å². The maximum Gasteiger partial charge on any atom is 0.304 e. The van der Waals surface area contributed by atoms with Crippen LogP contribution in [0, 0.1) is 11.3 Å². The molecule has 8 nitrogen and oxygen atoms in total. The summed E-state index contributed by atoms with van der Waals surface area (Å²) in [6.07, 6.45) is 1.97. The van der Waals surface area contributed by atoms with Crippen LogP contribution in [0.25, 0.3) is 11.1 Å². The average molecular weight is 440 g/mol. The zero-order valence-electron chi connectivity index (χ0n) is 17.8. The Morgan fingerprint density at radius 3 is 2.61 bits per heavy atom. The van der Waals surface area contributed by atoms with Gasteiger partial charge in [-0.2, -0.15) is 5.26 Å². The predicted octanol–water partition coefficient (Wildman–Crippen LogP) is 4.01. The van der Waals surface area contributed by atoms with Crippen LogP contribution in [0.3, 0.4) is 0 Å². The van der Waals surface area contributed by atoms with E-state index in [0.717, 1.165) is 16.7 Å². The molecule has 1 aliphatic rings. The standard InChI is InChI=1S/C25H20N4O4/c1-16(30)32-24(14-26)21-7-3-2-6-20(21)17-8-10-19(11-9-17)28-25(31)23-13-22(29-33-23)18-5-4-12-27-15-18/h2-12,15,23-24H,13H2,1H3,(H,28,31). The Bertz CT molecular complexity index is 1230. The molecule has 0 bridgehead atoms. The van der Waals surface area contributed by atoms with Gasteiger partial charge in [0.2, 0.25) is 12.2 Å². The number of pyridine rings is 1. The molecule has 3 aromatic rings. The number of hydrogen-bond acceptors (Lipinski definition) is 7. The fraction of sp³-hybridized carbons (Fsp3) is 0.160. The van der Waals surface area contributed by atoms with Crippen molar-refractivity contribution in [2.45, 2.75) is 25.6 Å². The highest BCUT2D eigenvalue weighted by atomic mass is 16.6. The van der Waals surface area contributed by atoms with Crippen LogP contribution in [0.2, 0.25) is 0 Å². The number of nitrogens with one attached hydrogen (secondary N) is 1. The largest absolute Gasteiger partial charge is 0.442 e. The first-order valence-electron chi connectivity index (χ1n) is 10.3. The van der Waals surface area contributed by atoms with Gasteiger partial charge in [-0.15, -0.1) is 0 Å². The molecule has 0 saturated heterocycles. The number of oxime groups is 1. The monoisotopic (exact) mass is 440 g/mol. The van der Waals surface area contributed by atoms with Gasteiger partial charge in [0.1, 0.15) is 6.07 Å². The van der Waals surface area contributed by atoms with Crippen molar-refractivity contribution in [3.8, 4) is 17.2 Å². The summed E-state index contributed by atoms with van der Waals surface area (Å²) in [6, 6.07) is 20.1. The average Bonchev–Trinajstić information content (AvgIpc) is 3.34. The van der Waals surface area contributed by atoms with Crippen LogP contribution < -0.4 is 5.32 Å². The highest BCUT2D eigenvalue weighted by molar-refractivity contribution is 6.06. The van der Waals surface area contributed by atoms with Gasteiger partial charge in [0.15, 0.2) is 0 Å². The second-order valence-corrected chi connectivity index (χ2v) is 7.35. The van der Waals surface area contributed by atoms with Crippen molar-refractivity contribution >= 4 is 23.3 Å². The first-order valence-corrected chi connectivity index (χ1v) is 10.3. The molecule has 1 aromatic heterocycles. The highest BCUT2D eigenvalue weighted by Crippen LogP contribution is 2.31. The summed E-state index contributed by atoms with van der Waals surface area (Å²) in [5, 5.41) is 16.3. The normalized spacial score (nSPS) is 15.5. The summed E-state index contributed by atoms with van der Waals surface area (Å²) in [5.74, 6) is -0.829. The number of ether oxygens (including phenoxy) is 1. The third kappa shape index (κ3) is 5.05. The Morgan fingerprint density at radius 1 is 1.12 bits per heavy atom. The van der Waals surface area contributed by atoms with Gasteiger partial charge in [-0.1, -0.05) is 41.6 Å². The molecule has 0 fully saturated rings. The summed E-state index contributed by atoms with van der Waals surface area (Å²) < 4.78 is 5.14. The summed E-state index contributed by atoms with van der Waals surface area (Å²) in [5.41, 5.74) is 4.25. The molecule has 2 unspecified atom stereocenters. The second kappa shape index (κ2) is 9.75. The van der Waals surface area contributed by atoms with Crippen LogP contribution in [-0.2, 0) is 19.2 Å². The van der Waals surface area contributed by atoms with Gasteiger partial charge in [0.05, 0.1) is 5.71 Å². The molecule has 8 heteroatoms. The van der Waals surface area contributed by atoms with Crippen LogP contribution in [-0.4, -0.2) is 28.7 Å². The lowest BCUT2D eigenvalue weighted by Gasteiger charge is -2.15. The van der Waals surface area contributed by atoms with Crippen molar-refractivity contribution in [2.75, 3.05) is 5.32 Å². The minimum Gasteiger partial charge on any atom is -0.442 e. The van der Waals surface area contributed by atoms with Crippen molar-refractivity contribution < 1.29 is 19.2 Å². The van der Waals surface area contributed by atoms with Crippen molar-refractivity contribution in [1.29, 1.82) is 5.26 Å². The minimum absolute atomic E-state index is 0.301. The van der Waals surface area contributed by atoms with Crippen molar-refractivity contribution in [2.24, 2.45) is 5.16 Å². The van der Waals surface area contributed by atoms with Crippen LogP contribution in [0.5, 0.6) is 0 Å². The maximum absolute atomic E-state index is 12.6. The molecule has 0 radical (unpaired) electrons. The first kappa shape index (κ1) is 21.7. The number of anilines is 1. The third-order valence-electron chi connectivity index (χ3n) is 5.06. The third-order valence-corrected chi connectivity index (χ3v) is 5.06. The van der Waals surface area contributed by atoms with Gasteiger partial charge in [-0.3, -0.25) is 14.6 Å². The molecule has 4 rings (SSSR count). The topological polar surface area (TPSA) is 114 Å². The van der Waals surface area contributed by atoms with E-state index in [2.05, 4.69) is 15.5 Å². The molecule has 0 saturated carbocycles. The fourth-order valence-corrected chi connectivity index (χ4v) is 3.49. The van der Waals surface area contributed by atoms with E-state index in [1.807, 2.05) is 36.4 Å². The second-order valence-electron chi connectivity index (χ2n) is 7.35. The van der Waals surface area contributed by atoms with E-state index >= 15 is 0 Å². The van der Waals surface area contributed by atoms with Gasteiger partial charge >= 0.3 is 5.97 Å². The SMILES string of the molecule is CC(=O)OC(C#N)c1ccccc1-c1ccc(NC(=O)C2CC(c3cccnc3)=NO2)cc1. The zero-order valence-corrected chi connectivity index (χ0v) is 17.8. The Kier molecular flexibility index (Phi) is 6.41. The van der Waals surface area contributed by atoms with Crippen molar-refractivity contribution in [1.82, 2.24) is 4.98 Å². The van der Waals surface area contributed by atoms with Crippen LogP contribution >= 0.6 is 0 Å². The lowest BCUT2D eigenvalue weighted by atomic mass is 9.96. The van der Waals surface area contributed by atoms with E-state index < -0.39 is 18.2 Å². The highest BCUT2D eigenvalue weighted by Gasteiger charge is 2.29. The zero-order chi connectivity index (χ0) is 23.2. The molecule has 2 aromatic carbocycles. The number of nitriles is 1. The van der Waals surface area contributed by atoms with Gasteiger partial charge in [0.25, 0.3) is 5.91 Å². The Morgan fingerprint density at radius 2 is 1.91 bits per heavy atom. The summed E-state index contributed by atoms with van der Waals surface area (Å²) in [7, 11) is 0. The number of amides is 1. The number of carbonyl (C=O) groups is 2. The Labute approximate surface area is 190 Å². The maximum atomic E-state index is 12.6. The van der Waals surface area contributed by atoms with Gasteiger partial charge in [0, 0.05) is 42.6 Å².